The van der Waals surface area contributed by atoms with Crippen LogP contribution in [0.4, 0.5) is 0 Å². The molecule has 6 nitrogen and oxygen atoms in total. The molecular formula is C17H19N3O3. The number of aryl methyl sites for hydroxylation is 1. The summed E-state index contributed by atoms with van der Waals surface area (Å²) in [6.45, 7) is 1.85. The Kier molecular flexibility index (Phi) is 4.16. The maximum absolute atomic E-state index is 12.3. The summed E-state index contributed by atoms with van der Waals surface area (Å²) in [6.07, 6.45) is 2.88. The van der Waals surface area contributed by atoms with Crippen LogP contribution in [0.3, 0.4) is 0 Å². The molecule has 0 spiro atoms. The van der Waals surface area contributed by atoms with E-state index in [1.54, 1.807) is 30.6 Å². The topological polar surface area (TPSA) is 80.3 Å². The summed E-state index contributed by atoms with van der Waals surface area (Å²) in [4.78, 5) is 16.6. The zero-order valence-electron chi connectivity index (χ0n) is 13.1. The summed E-state index contributed by atoms with van der Waals surface area (Å²) in [5.74, 6) is 0.317. The number of aliphatic hydroxyl groups excluding tert-OH is 1. The lowest BCUT2D eigenvalue weighted by atomic mass is 10.1. The van der Waals surface area contributed by atoms with Crippen molar-refractivity contribution in [3.8, 4) is 0 Å². The highest BCUT2D eigenvalue weighted by Gasteiger charge is 2.17. The van der Waals surface area contributed by atoms with Gasteiger partial charge in [0.25, 0.3) is 5.91 Å². The highest BCUT2D eigenvalue weighted by Crippen LogP contribution is 2.19. The molecule has 0 saturated carbocycles. The van der Waals surface area contributed by atoms with Crippen LogP contribution in [0.25, 0.3) is 11.0 Å². The van der Waals surface area contributed by atoms with Crippen molar-refractivity contribution in [1.82, 2.24) is 14.9 Å². The normalized spacial score (nSPS) is 13.9. The van der Waals surface area contributed by atoms with Gasteiger partial charge in [-0.2, -0.15) is 0 Å². The van der Waals surface area contributed by atoms with E-state index in [-0.39, 0.29) is 11.9 Å². The third-order valence-electron chi connectivity index (χ3n) is 3.81. The second-order valence-corrected chi connectivity index (χ2v) is 5.70. The highest BCUT2D eigenvalue weighted by molar-refractivity contribution is 5.97. The maximum atomic E-state index is 12.3. The Hall–Kier alpha value is -2.60. The van der Waals surface area contributed by atoms with Crippen LogP contribution in [0.2, 0.25) is 0 Å². The van der Waals surface area contributed by atoms with Crippen LogP contribution >= 0.6 is 0 Å². The summed E-state index contributed by atoms with van der Waals surface area (Å²) in [5.41, 5.74) is 2.31. The number of aliphatic hydroxyl groups is 1. The predicted molar refractivity (Wildman–Crippen MR) is 85.9 cm³/mol. The van der Waals surface area contributed by atoms with Gasteiger partial charge in [0.1, 0.15) is 11.9 Å². The van der Waals surface area contributed by atoms with Gasteiger partial charge in [0.15, 0.2) is 0 Å². The van der Waals surface area contributed by atoms with Crippen LogP contribution in [-0.4, -0.2) is 26.6 Å². The summed E-state index contributed by atoms with van der Waals surface area (Å²) in [7, 11) is 1.91. The number of rotatable bonds is 5. The Bertz CT molecular complexity index is 808. The van der Waals surface area contributed by atoms with Crippen LogP contribution in [0.15, 0.2) is 47.3 Å². The average Bonchev–Trinajstić information content (AvgIpc) is 3.17. The Labute approximate surface area is 133 Å². The van der Waals surface area contributed by atoms with Crippen LogP contribution in [0, 0.1) is 0 Å². The van der Waals surface area contributed by atoms with Crippen LogP contribution < -0.4 is 5.32 Å². The van der Waals surface area contributed by atoms with Gasteiger partial charge in [0, 0.05) is 25.1 Å². The first kappa shape index (κ1) is 15.3. The van der Waals surface area contributed by atoms with E-state index in [9.17, 15) is 9.90 Å². The van der Waals surface area contributed by atoms with Gasteiger partial charge in [0.2, 0.25) is 0 Å². The van der Waals surface area contributed by atoms with Crippen LogP contribution in [-0.2, 0) is 7.05 Å². The number of amides is 1. The van der Waals surface area contributed by atoms with Crippen LogP contribution in [0.1, 0.15) is 35.6 Å². The molecule has 0 aliphatic heterocycles. The van der Waals surface area contributed by atoms with Crippen molar-refractivity contribution in [3.63, 3.8) is 0 Å². The number of carbonyl (C=O) groups is 1. The Morgan fingerprint density at radius 3 is 3.00 bits per heavy atom. The van der Waals surface area contributed by atoms with E-state index in [2.05, 4.69) is 10.3 Å². The molecule has 1 amide bonds. The van der Waals surface area contributed by atoms with E-state index in [0.29, 0.717) is 17.7 Å². The van der Waals surface area contributed by atoms with Gasteiger partial charge in [-0.25, -0.2) is 4.98 Å². The fraction of sp³-hybridized carbons (Fsp3) is 0.294. The molecule has 2 N–H and O–H groups in total. The zero-order valence-corrected chi connectivity index (χ0v) is 13.1. The number of furan rings is 1. The largest absolute Gasteiger partial charge is 0.467 e. The molecule has 6 heteroatoms. The van der Waals surface area contributed by atoms with Crippen molar-refractivity contribution in [3.05, 3.63) is 54.2 Å². The SMILES string of the molecule is CC(CC(O)c1ccco1)NC(=O)c1ccc2c(c1)ncn2C. The van der Waals surface area contributed by atoms with E-state index in [1.165, 1.54) is 6.26 Å². The number of imidazole rings is 1. The predicted octanol–water partition coefficient (Wildman–Crippen LogP) is 2.41. The molecular weight excluding hydrogens is 294 g/mol. The summed E-state index contributed by atoms with van der Waals surface area (Å²) >= 11 is 0. The monoisotopic (exact) mass is 313 g/mol. The van der Waals surface area contributed by atoms with E-state index >= 15 is 0 Å². The molecule has 2 aromatic heterocycles. The smallest absolute Gasteiger partial charge is 0.251 e. The first-order chi connectivity index (χ1) is 11.0. The fourth-order valence-corrected chi connectivity index (χ4v) is 2.58. The van der Waals surface area contributed by atoms with Gasteiger partial charge in [-0.3, -0.25) is 4.79 Å². The van der Waals surface area contributed by atoms with Gasteiger partial charge in [-0.1, -0.05) is 0 Å². The number of nitrogens with zero attached hydrogens (tertiary/aromatic N) is 2. The molecule has 3 rings (SSSR count). The number of fused-ring (bicyclic) bond motifs is 1. The van der Waals surface area contributed by atoms with Gasteiger partial charge < -0.3 is 19.4 Å². The lowest BCUT2D eigenvalue weighted by molar-refractivity contribution is 0.0903. The number of aromatic nitrogens is 2. The van der Waals surface area contributed by atoms with Crippen molar-refractivity contribution in [2.75, 3.05) is 0 Å². The number of hydrogen-bond acceptors (Lipinski definition) is 4. The van der Waals surface area contributed by atoms with Crippen molar-refractivity contribution in [2.45, 2.75) is 25.5 Å². The molecule has 2 heterocycles. The number of carbonyl (C=O) groups excluding carboxylic acids is 1. The van der Waals surface area contributed by atoms with Gasteiger partial charge in [-0.15, -0.1) is 0 Å². The molecule has 0 saturated heterocycles. The van der Waals surface area contributed by atoms with Crippen molar-refractivity contribution in [1.29, 1.82) is 0 Å². The molecule has 0 bridgehead atoms. The molecule has 0 aliphatic rings. The Morgan fingerprint density at radius 2 is 2.26 bits per heavy atom. The van der Waals surface area contributed by atoms with E-state index in [1.807, 2.05) is 24.6 Å². The molecule has 2 unspecified atom stereocenters. The van der Waals surface area contributed by atoms with E-state index in [0.717, 1.165) is 11.0 Å². The number of hydrogen-bond donors (Lipinski definition) is 2. The molecule has 120 valence electrons. The summed E-state index contributed by atoms with van der Waals surface area (Å²) in [6, 6.07) is 8.66. The highest BCUT2D eigenvalue weighted by atomic mass is 16.4. The molecule has 0 fully saturated rings. The van der Waals surface area contributed by atoms with Crippen molar-refractivity contribution in [2.24, 2.45) is 7.05 Å². The second kappa shape index (κ2) is 6.26. The summed E-state index contributed by atoms with van der Waals surface area (Å²) in [5, 5.41) is 12.9. The van der Waals surface area contributed by atoms with Gasteiger partial charge in [-0.05, 0) is 37.3 Å². The fourth-order valence-electron chi connectivity index (χ4n) is 2.58. The minimum atomic E-state index is -0.737. The van der Waals surface area contributed by atoms with Crippen molar-refractivity contribution >= 4 is 16.9 Å². The minimum absolute atomic E-state index is 0.184. The Morgan fingerprint density at radius 1 is 1.43 bits per heavy atom. The van der Waals surface area contributed by atoms with Crippen LogP contribution in [0.5, 0.6) is 0 Å². The Balaban J connectivity index is 1.65. The standard InChI is InChI=1S/C17H19N3O3/c1-11(8-15(21)16-4-3-7-23-16)19-17(22)12-5-6-14-13(9-12)18-10-20(14)2/h3-7,9-11,15,21H,8H2,1-2H3,(H,19,22). The summed E-state index contributed by atoms with van der Waals surface area (Å²) < 4.78 is 7.07. The minimum Gasteiger partial charge on any atom is -0.467 e. The molecule has 0 radical (unpaired) electrons. The molecule has 1 aromatic carbocycles. The molecule has 23 heavy (non-hydrogen) atoms. The number of nitrogens with one attached hydrogen (secondary N) is 1. The van der Waals surface area contributed by atoms with E-state index in [4.69, 9.17) is 4.42 Å². The lowest BCUT2D eigenvalue weighted by Gasteiger charge is -2.16. The molecule has 3 aromatic rings. The van der Waals surface area contributed by atoms with Gasteiger partial charge in [0.05, 0.1) is 23.6 Å². The van der Waals surface area contributed by atoms with Gasteiger partial charge >= 0.3 is 0 Å². The molecule has 0 aliphatic carbocycles. The number of benzene rings is 1. The first-order valence-electron chi connectivity index (χ1n) is 7.48. The van der Waals surface area contributed by atoms with E-state index < -0.39 is 6.10 Å². The molecule has 2 atom stereocenters. The quantitative estimate of drug-likeness (QED) is 0.758. The third kappa shape index (κ3) is 3.27. The zero-order chi connectivity index (χ0) is 16.4. The lowest BCUT2D eigenvalue weighted by Crippen LogP contribution is -2.33. The second-order valence-electron chi connectivity index (χ2n) is 5.70. The third-order valence-corrected chi connectivity index (χ3v) is 3.81. The van der Waals surface area contributed by atoms with Crippen molar-refractivity contribution < 1.29 is 14.3 Å². The maximum Gasteiger partial charge on any atom is 0.251 e. The average molecular weight is 313 g/mol. The first-order valence-corrected chi connectivity index (χ1v) is 7.48.